The fourth-order valence-electron chi connectivity index (χ4n) is 4.12. The lowest BCUT2D eigenvalue weighted by Crippen LogP contribution is -2.55. The molecule has 170 valence electrons. The molecule has 0 spiro atoms. The van der Waals surface area contributed by atoms with Crippen molar-refractivity contribution in [1.82, 2.24) is 10.2 Å². The summed E-state index contributed by atoms with van der Waals surface area (Å²) in [5.74, 6) is -2.30. The average Bonchev–Trinajstić information content (AvgIpc) is 3.30. The van der Waals surface area contributed by atoms with Gasteiger partial charge >= 0.3 is 6.09 Å². The van der Waals surface area contributed by atoms with Gasteiger partial charge in [0.25, 0.3) is 0 Å². The number of ether oxygens (including phenoxy) is 1. The summed E-state index contributed by atoms with van der Waals surface area (Å²) in [6.07, 6.45) is 3.30. The van der Waals surface area contributed by atoms with Gasteiger partial charge in [-0.2, -0.15) is 5.26 Å². The first kappa shape index (κ1) is 25.1. The summed E-state index contributed by atoms with van der Waals surface area (Å²) in [5, 5.41) is 12.2. The average molecular weight is 500 g/mol. The largest absolute Gasteiger partial charge is 0.444 e. The Bertz CT molecular complexity index is 829. The zero-order valence-electron chi connectivity index (χ0n) is 18.0. The Balaban J connectivity index is 2.19. The normalized spacial score (nSPS) is 24.9. The van der Waals surface area contributed by atoms with Gasteiger partial charge in [0.1, 0.15) is 29.3 Å². The van der Waals surface area contributed by atoms with Crippen LogP contribution in [-0.2, 0) is 9.53 Å². The summed E-state index contributed by atoms with van der Waals surface area (Å²) < 4.78 is 33.9. The predicted molar refractivity (Wildman–Crippen MR) is 116 cm³/mol. The van der Waals surface area contributed by atoms with Crippen molar-refractivity contribution < 1.29 is 23.1 Å². The molecule has 2 bridgehead atoms. The second-order valence-electron chi connectivity index (χ2n) is 8.69. The maximum absolute atomic E-state index is 14.3. The number of fused-ring (bicyclic) bond motifs is 2. The van der Waals surface area contributed by atoms with Crippen molar-refractivity contribution in [1.29, 1.82) is 5.26 Å². The molecule has 31 heavy (non-hydrogen) atoms. The van der Waals surface area contributed by atoms with E-state index in [9.17, 15) is 23.6 Å². The lowest BCUT2D eigenvalue weighted by Gasteiger charge is -2.35. The number of rotatable bonds is 7. The first-order valence-corrected chi connectivity index (χ1v) is 11.3. The fourth-order valence-corrected chi connectivity index (χ4v) is 4.40. The van der Waals surface area contributed by atoms with E-state index in [0.29, 0.717) is 6.42 Å². The SMILES string of the molecule is C=C/C(F)=C(CC(C#N)NC(=O)[C@@H]1[C@H]2CC[C@H](C2)N1C(=O)OC(C)(C)C)\C(F)=C/CBr. The first-order valence-electron chi connectivity index (χ1n) is 10.2. The molecule has 0 radical (unpaired) electrons. The van der Waals surface area contributed by atoms with Crippen LogP contribution < -0.4 is 5.32 Å². The summed E-state index contributed by atoms with van der Waals surface area (Å²) in [4.78, 5) is 27.2. The third-order valence-corrected chi connectivity index (χ3v) is 5.67. The zero-order chi connectivity index (χ0) is 23.3. The van der Waals surface area contributed by atoms with Crippen LogP contribution in [0.4, 0.5) is 13.6 Å². The summed E-state index contributed by atoms with van der Waals surface area (Å²) >= 11 is 3.05. The number of hydrogen-bond donors (Lipinski definition) is 1. The number of likely N-dealkylation sites (tertiary alicyclic amines) is 1. The Labute approximate surface area is 190 Å². The van der Waals surface area contributed by atoms with Crippen molar-refractivity contribution in [2.24, 2.45) is 5.92 Å². The number of halogens is 3. The molecule has 6 nitrogen and oxygen atoms in total. The lowest BCUT2D eigenvalue weighted by atomic mass is 9.97. The highest BCUT2D eigenvalue weighted by molar-refractivity contribution is 9.09. The Kier molecular flexibility index (Phi) is 8.41. The van der Waals surface area contributed by atoms with Crippen LogP contribution in [0.3, 0.4) is 0 Å². The number of piperidine rings is 1. The molecular weight excluding hydrogens is 472 g/mol. The van der Waals surface area contributed by atoms with E-state index in [2.05, 4.69) is 27.8 Å². The lowest BCUT2D eigenvalue weighted by molar-refractivity contribution is -0.128. The van der Waals surface area contributed by atoms with E-state index in [-0.39, 0.29) is 29.3 Å². The number of nitrogens with one attached hydrogen (secondary N) is 1. The number of carbonyl (C=O) groups excluding carboxylic acids is 2. The molecule has 2 fully saturated rings. The number of allylic oxidation sites excluding steroid dienone is 4. The minimum Gasteiger partial charge on any atom is -0.444 e. The molecule has 1 heterocycles. The quantitative estimate of drug-likeness (QED) is 0.401. The highest BCUT2D eigenvalue weighted by atomic mass is 79.9. The van der Waals surface area contributed by atoms with Gasteiger partial charge in [0.2, 0.25) is 5.91 Å². The highest BCUT2D eigenvalue weighted by Gasteiger charge is 2.52. The number of nitrogens with zero attached hydrogens (tertiary/aromatic N) is 2. The van der Waals surface area contributed by atoms with Gasteiger partial charge in [-0.3, -0.25) is 9.69 Å². The summed E-state index contributed by atoms with van der Waals surface area (Å²) in [5.41, 5.74) is -1.06. The van der Waals surface area contributed by atoms with Crippen molar-refractivity contribution in [3.05, 3.63) is 36.0 Å². The van der Waals surface area contributed by atoms with Crippen LogP contribution in [0.25, 0.3) is 0 Å². The molecule has 1 aliphatic carbocycles. The van der Waals surface area contributed by atoms with E-state index in [1.54, 1.807) is 20.8 Å². The smallest absolute Gasteiger partial charge is 0.411 e. The predicted octanol–water partition coefficient (Wildman–Crippen LogP) is 4.83. The standard InChI is InChI=1S/C22H28BrF2N3O3/c1-5-17(24)16(18(25)8-9-23)11-14(12-26)27-20(29)19-13-6-7-15(10-13)28(19)21(30)31-22(2,3)4/h5,8,13-15,19H,1,6-7,9-11H2,2-4H3,(H,27,29)/b17-16+,18-8+/t13-,14?,15+,19-/m0/s1. The second-order valence-corrected chi connectivity index (χ2v) is 9.34. The molecule has 1 aliphatic heterocycles. The minimum atomic E-state index is -1.18. The van der Waals surface area contributed by atoms with Gasteiger partial charge in [-0.1, -0.05) is 22.5 Å². The number of carbonyl (C=O) groups is 2. The van der Waals surface area contributed by atoms with E-state index in [1.165, 1.54) is 4.90 Å². The molecule has 2 rings (SSSR count). The Morgan fingerprint density at radius 1 is 1.39 bits per heavy atom. The number of alkyl halides is 1. The van der Waals surface area contributed by atoms with Crippen LogP contribution in [0.15, 0.2) is 36.0 Å². The maximum Gasteiger partial charge on any atom is 0.411 e. The van der Waals surface area contributed by atoms with E-state index in [4.69, 9.17) is 4.74 Å². The molecule has 2 aliphatic rings. The molecule has 1 unspecified atom stereocenters. The highest BCUT2D eigenvalue weighted by Crippen LogP contribution is 2.43. The third kappa shape index (κ3) is 6.16. The van der Waals surface area contributed by atoms with E-state index >= 15 is 0 Å². The number of nitriles is 1. The van der Waals surface area contributed by atoms with Gasteiger partial charge in [0, 0.05) is 23.4 Å². The van der Waals surface area contributed by atoms with Crippen molar-refractivity contribution in [3.63, 3.8) is 0 Å². The fraction of sp³-hybridized carbons (Fsp3) is 0.591. The molecule has 0 aromatic carbocycles. The number of hydrogen-bond acceptors (Lipinski definition) is 4. The van der Waals surface area contributed by atoms with Crippen LogP contribution >= 0.6 is 15.9 Å². The summed E-state index contributed by atoms with van der Waals surface area (Å²) in [6.45, 7) is 8.54. The Morgan fingerprint density at radius 3 is 2.61 bits per heavy atom. The van der Waals surface area contributed by atoms with E-state index in [1.807, 2.05) is 6.07 Å². The van der Waals surface area contributed by atoms with Crippen molar-refractivity contribution in [2.75, 3.05) is 5.33 Å². The van der Waals surface area contributed by atoms with Crippen molar-refractivity contribution in [2.45, 2.75) is 70.2 Å². The topological polar surface area (TPSA) is 82.4 Å². The van der Waals surface area contributed by atoms with Gasteiger partial charge < -0.3 is 10.1 Å². The molecule has 2 amide bonds. The zero-order valence-corrected chi connectivity index (χ0v) is 19.5. The van der Waals surface area contributed by atoms with Crippen molar-refractivity contribution >= 4 is 27.9 Å². The summed E-state index contributed by atoms with van der Waals surface area (Å²) in [7, 11) is 0. The molecule has 4 atom stereocenters. The Morgan fingerprint density at radius 2 is 2.06 bits per heavy atom. The summed E-state index contributed by atoms with van der Waals surface area (Å²) in [6, 6.07) is -0.164. The van der Waals surface area contributed by atoms with Crippen LogP contribution in [0.1, 0.15) is 46.5 Å². The van der Waals surface area contributed by atoms with Gasteiger partial charge in [0.05, 0.1) is 6.07 Å². The van der Waals surface area contributed by atoms with Crippen LogP contribution in [0.5, 0.6) is 0 Å². The van der Waals surface area contributed by atoms with Gasteiger partial charge in [-0.15, -0.1) is 0 Å². The third-order valence-electron chi connectivity index (χ3n) is 5.35. The minimum absolute atomic E-state index is 0.0400. The van der Waals surface area contributed by atoms with Gasteiger partial charge in [0.15, 0.2) is 0 Å². The van der Waals surface area contributed by atoms with Crippen molar-refractivity contribution in [3.8, 4) is 6.07 Å². The van der Waals surface area contributed by atoms with E-state index in [0.717, 1.165) is 25.0 Å². The van der Waals surface area contributed by atoms with Crippen LogP contribution in [-0.4, -0.2) is 46.0 Å². The molecule has 0 aromatic rings. The van der Waals surface area contributed by atoms with E-state index < -0.39 is 41.3 Å². The van der Waals surface area contributed by atoms with Crippen LogP contribution in [0, 0.1) is 17.2 Å². The molecule has 0 aromatic heterocycles. The molecule has 9 heteroatoms. The molecular formula is C22H28BrF2N3O3. The molecule has 1 N–H and O–H groups in total. The number of amides is 2. The monoisotopic (exact) mass is 499 g/mol. The van der Waals surface area contributed by atoms with Crippen LogP contribution in [0.2, 0.25) is 0 Å². The first-order chi connectivity index (χ1) is 14.5. The second kappa shape index (κ2) is 10.4. The molecule has 1 saturated heterocycles. The maximum atomic E-state index is 14.3. The van der Waals surface area contributed by atoms with Gasteiger partial charge in [-0.25, -0.2) is 13.6 Å². The molecule has 1 saturated carbocycles. The Hall–Kier alpha value is -2.21. The van der Waals surface area contributed by atoms with Gasteiger partial charge in [-0.05, 0) is 58.1 Å².